The number of aryl methyl sites for hydroxylation is 2. The Kier molecular flexibility index (Phi) is 4.22. The number of methoxy groups -OCH3 is 1. The fourth-order valence-electron chi connectivity index (χ4n) is 1.99. The van der Waals surface area contributed by atoms with Crippen molar-refractivity contribution in [3.63, 3.8) is 0 Å². The lowest BCUT2D eigenvalue weighted by molar-refractivity contribution is 0.414. The van der Waals surface area contributed by atoms with Crippen molar-refractivity contribution >= 4 is 11.6 Å². The van der Waals surface area contributed by atoms with Crippen molar-refractivity contribution in [1.82, 2.24) is 0 Å². The van der Waals surface area contributed by atoms with Gasteiger partial charge in [-0.25, -0.2) is 0 Å². The van der Waals surface area contributed by atoms with Gasteiger partial charge >= 0.3 is 0 Å². The molecule has 0 amide bonds. The van der Waals surface area contributed by atoms with Crippen LogP contribution in [0.15, 0.2) is 42.5 Å². The molecule has 2 nitrogen and oxygen atoms in total. The van der Waals surface area contributed by atoms with Crippen LogP contribution in [0, 0.1) is 25.2 Å². The molecule has 0 unspecified atom stereocenters. The molecule has 2 aromatic rings. The first-order valence-corrected chi connectivity index (χ1v) is 6.47. The predicted octanol–water partition coefficient (Wildman–Crippen LogP) is 4.38. The second-order valence-electron chi connectivity index (χ2n) is 4.75. The van der Waals surface area contributed by atoms with Gasteiger partial charge in [-0.2, -0.15) is 5.26 Å². The molecule has 0 atom stereocenters. The third kappa shape index (κ3) is 3.07. The smallest absolute Gasteiger partial charge is 0.119 e. The van der Waals surface area contributed by atoms with Gasteiger partial charge in [0, 0.05) is 0 Å². The summed E-state index contributed by atoms with van der Waals surface area (Å²) in [6.45, 7) is 4.15. The van der Waals surface area contributed by atoms with Crippen molar-refractivity contribution in [3.05, 3.63) is 64.7 Å². The summed E-state index contributed by atoms with van der Waals surface area (Å²) < 4.78 is 5.20. The number of rotatable bonds is 3. The molecule has 0 aromatic heterocycles. The first-order chi connectivity index (χ1) is 9.63. The fourth-order valence-corrected chi connectivity index (χ4v) is 1.99. The lowest BCUT2D eigenvalue weighted by Gasteiger charge is -2.05. The molecule has 20 heavy (non-hydrogen) atoms. The van der Waals surface area contributed by atoms with E-state index in [-0.39, 0.29) is 0 Å². The number of hydrogen-bond acceptors (Lipinski definition) is 2. The molecule has 0 aliphatic carbocycles. The number of hydrogen-bond donors (Lipinski definition) is 0. The van der Waals surface area contributed by atoms with E-state index in [1.54, 1.807) is 7.11 Å². The van der Waals surface area contributed by atoms with Crippen molar-refractivity contribution in [3.8, 4) is 11.8 Å². The van der Waals surface area contributed by atoms with Crippen molar-refractivity contribution < 1.29 is 4.74 Å². The summed E-state index contributed by atoms with van der Waals surface area (Å²) in [5.41, 5.74) is 5.01. The van der Waals surface area contributed by atoms with E-state index in [4.69, 9.17) is 4.74 Å². The van der Waals surface area contributed by atoms with Crippen LogP contribution in [0.4, 0.5) is 0 Å². The first-order valence-electron chi connectivity index (χ1n) is 6.47. The predicted molar refractivity (Wildman–Crippen MR) is 82.4 cm³/mol. The van der Waals surface area contributed by atoms with Crippen LogP contribution in [-0.2, 0) is 0 Å². The van der Waals surface area contributed by atoms with Crippen LogP contribution in [0.3, 0.4) is 0 Å². The molecule has 0 bridgehead atoms. The summed E-state index contributed by atoms with van der Waals surface area (Å²) in [6.07, 6.45) is 1.90. The molecule has 0 heterocycles. The van der Waals surface area contributed by atoms with E-state index >= 15 is 0 Å². The van der Waals surface area contributed by atoms with Gasteiger partial charge in [0.1, 0.15) is 5.75 Å². The van der Waals surface area contributed by atoms with Crippen LogP contribution in [0.25, 0.3) is 11.6 Å². The van der Waals surface area contributed by atoms with E-state index in [9.17, 15) is 5.26 Å². The first kappa shape index (κ1) is 13.9. The van der Waals surface area contributed by atoms with Crippen LogP contribution in [0.1, 0.15) is 22.3 Å². The normalized spacial score (nSPS) is 11.0. The molecule has 0 spiro atoms. The molecular weight excluding hydrogens is 246 g/mol. The van der Waals surface area contributed by atoms with Crippen molar-refractivity contribution in [2.75, 3.05) is 7.11 Å². The summed E-state index contributed by atoms with van der Waals surface area (Å²) >= 11 is 0. The SMILES string of the molecule is COc1cccc(C(C#N)=Cc2ccc(C)c(C)c2)c1. The average molecular weight is 263 g/mol. The zero-order valence-corrected chi connectivity index (χ0v) is 12.0. The van der Waals surface area contributed by atoms with Crippen molar-refractivity contribution in [2.45, 2.75) is 13.8 Å². The highest BCUT2D eigenvalue weighted by molar-refractivity contribution is 5.90. The van der Waals surface area contributed by atoms with Gasteiger partial charge in [-0.05, 0) is 54.3 Å². The Morgan fingerprint density at radius 2 is 1.90 bits per heavy atom. The third-order valence-corrected chi connectivity index (χ3v) is 3.34. The molecule has 0 saturated heterocycles. The van der Waals surface area contributed by atoms with Gasteiger partial charge in [0.25, 0.3) is 0 Å². The second kappa shape index (κ2) is 6.08. The van der Waals surface area contributed by atoms with Gasteiger partial charge < -0.3 is 4.74 Å². The Morgan fingerprint density at radius 1 is 1.10 bits per heavy atom. The van der Waals surface area contributed by atoms with Crippen molar-refractivity contribution in [2.24, 2.45) is 0 Å². The number of benzene rings is 2. The maximum absolute atomic E-state index is 9.37. The molecule has 0 N–H and O–H groups in total. The van der Waals surface area contributed by atoms with Crippen LogP contribution in [-0.4, -0.2) is 7.11 Å². The van der Waals surface area contributed by atoms with Gasteiger partial charge in [-0.3, -0.25) is 0 Å². The highest BCUT2D eigenvalue weighted by Gasteiger charge is 2.03. The molecule has 0 aliphatic heterocycles. The Bertz CT molecular complexity index is 693. The average Bonchev–Trinajstić information content (AvgIpc) is 2.48. The molecule has 100 valence electrons. The van der Waals surface area contributed by atoms with E-state index in [2.05, 4.69) is 32.0 Å². The number of nitriles is 1. The summed E-state index contributed by atoms with van der Waals surface area (Å²) in [5.74, 6) is 0.753. The summed E-state index contributed by atoms with van der Waals surface area (Å²) in [7, 11) is 1.62. The highest BCUT2D eigenvalue weighted by Crippen LogP contribution is 2.22. The van der Waals surface area contributed by atoms with Gasteiger partial charge in [0.2, 0.25) is 0 Å². The fraction of sp³-hybridized carbons (Fsp3) is 0.167. The van der Waals surface area contributed by atoms with Crippen LogP contribution < -0.4 is 4.74 Å². The number of nitrogens with zero attached hydrogens (tertiary/aromatic N) is 1. The Labute approximate surface area is 119 Å². The highest BCUT2D eigenvalue weighted by atomic mass is 16.5. The lowest BCUT2D eigenvalue weighted by Crippen LogP contribution is -1.87. The van der Waals surface area contributed by atoms with E-state index in [0.717, 1.165) is 16.9 Å². The summed E-state index contributed by atoms with van der Waals surface area (Å²) in [4.78, 5) is 0. The summed E-state index contributed by atoms with van der Waals surface area (Å²) in [6, 6.07) is 16.0. The Balaban J connectivity index is 2.43. The standard InChI is InChI=1S/C18H17NO/c1-13-7-8-15(9-14(13)2)10-17(12-19)16-5-4-6-18(11-16)20-3/h4-11H,1-3H3. The van der Waals surface area contributed by atoms with E-state index in [1.165, 1.54) is 11.1 Å². The maximum atomic E-state index is 9.37. The van der Waals surface area contributed by atoms with Gasteiger partial charge in [-0.1, -0.05) is 30.3 Å². The minimum Gasteiger partial charge on any atom is -0.497 e. The van der Waals surface area contributed by atoms with E-state index in [0.29, 0.717) is 5.57 Å². The van der Waals surface area contributed by atoms with E-state index < -0.39 is 0 Å². The topological polar surface area (TPSA) is 33.0 Å². The number of allylic oxidation sites excluding steroid dienone is 1. The Morgan fingerprint density at radius 3 is 2.55 bits per heavy atom. The quantitative estimate of drug-likeness (QED) is 0.608. The molecule has 0 radical (unpaired) electrons. The Hall–Kier alpha value is -2.53. The zero-order valence-electron chi connectivity index (χ0n) is 12.0. The lowest BCUT2D eigenvalue weighted by atomic mass is 10.0. The minimum atomic E-state index is 0.632. The molecule has 2 rings (SSSR count). The molecule has 0 saturated carbocycles. The van der Waals surface area contributed by atoms with Crippen LogP contribution in [0.2, 0.25) is 0 Å². The monoisotopic (exact) mass is 263 g/mol. The van der Waals surface area contributed by atoms with Gasteiger partial charge in [-0.15, -0.1) is 0 Å². The van der Waals surface area contributed by atoms with Gasteiger partial charge in [0.05, 0.1) is 18.8 Å². The van der Waals surface area contributed by atoms with Gasteiger partial charge in [0.15, 0.2) is 0 Å². The van der Waals surface area contributed by atoms with Crippen LogP contribution in [0.5, 0.6) is 5.75 Å². The second-order valence-corrected chi connectivity index (χ2v) is 4.75. The van der Waals surface area contributed by atoms with E-state index in [1.807, 2.05) is 36.4 Å². The number of ether oxygens (including phenoxy) is 1. The zero-order chi connectivity index (χ0) is 14.5. The summed E-state index contributed by atoms with van der Waals surface area (Å²) in [5, 5.41) is 9.37. The molecule has 0 fully saturated rings. The third-order valence-electron chi connectivity index (χ3n) is 3.34. The molecule has 2 aromatic carbocycles. The maximum Gasteiger partial charge on any atom is 0.119 e. The van der Waals surface area contributed by atoms with Crippen molar-refractivity contribution in [1.29, 1.82) is 5.26 Å². The van der Waals surface area contributed by atoms with Crippen LogP contribution >= 0.6 is 0 Å². The molecule has 0 aliphatic rings. The minimum absolute atomic E-state index is 0.632. The largest absolute Gasteiger partial charge is 0.497 e. The molecule has 2 heteroatoms. The molecular formula is C18H17NO.